The average Bonchev–Trinajstić information content (AvgIpc) is 2.85. The largest absolute Gasteiger partial charge is 0.481 e. The van der Waals surface area contributed by atoms with Gasteiger partial charge in [0.05, 0.1) is 24.2 Å². The number of carboxylic acid groups (broad SMARTS) is 1. The Morgan fingerprint density at radius 1 is 1.09 bits per heavy atom. The van der Waals surface area contributed by atoms with Crippen molar-refractivity contribution in [3.05, 3.63) is 70.4 Å². The van der Waals surface area contributed by atoms with E-state index in [-0.39, 0.29) is 12.1 Å². The maximum atomic E-state index is 12.9. The van der Waals surface area contributed by atoms with E-state index in [0.717, 1.165) is 17.7 Å². The first kappa shape index (κ1) is 29.1. The van der Waals surface area contributed by atoms with E-state index in [0.29, 0.717) is 5.69 Å². The van der Waals surface area contributed by atoms with Crippen LogP contribution in [-0.4, -0.2) is 50.2 Å². The van der Waals surface area contributed by atoms with Gasteiger partial charge in [0.15, 0.2) is 5.78 Å². The summed E-state index contributed by atoms with van der Waals surface area (Å²) in [5, 5.41) is 15.9. The van der Waals surface area contributed by atoms with Crippen molar-refractivity contribution in [2.24, 2.45) is 0 Å². The fourth-order valence-corrected chi connectivity index (χ4v) is 3.03. The summed E-state index contributed by atoms with van der Waals surface area (Å²) in [5.41, 5.74) is 0.501. The number of pyridine rings is 1. The van der Waals surface area contributed by atoms with E-state index in [2.05, 4.69) is 15.4 Å². The number of hydrogen-bond acceptors (Lipinski definition) is 6. The van der Waals surface area contributed by atoms with Crippen molar-refractivity contribution in [2.45, 2.75) is 53.1 Å². The lowest BCUT2D eigenvalue weighted by Gasteiger charge is -2.16. The molecule has 2 heterocycles. The molecule has 2 aromatic heterocycles. The minimum atomic E-state index is -1.16. The molecule has 2 atom stereocenters. The van der Waals surface area contributed by atoms with E-state index < -0.39 is 41.9 Å². The van der Waals surface area contributed by atoms with Crippen molar-refractivity contribution < 1.29 is 23.9 Å². The number of aromatic nitrogens is 3. The Hall–Kier alpha value is -3.95. The summed E-state index contributed by atoms with van der Waals surface area (Å²) >= 11 is 0. The van der Waals surface area contributed by atoms with E-state index in [1.165, 1.54) is 23.9 Å². The molecule has 3 aromatic rings. The van der Waals surface area contributed by atoms with E-state index >= 15 is 0 Å². The van der Waals surface area contributed by atoms with Crippen molar-refractivity contribution in [3.8, 4) is 0 Å². The van der Waals surface area contributed by atoms with Gasteiger partial charge in [-0.2, -0.15) is 5.10 Å². The minimum Gasteiger partial charge on any atom is -0.481 e. The molecule has 0 radical (unpaired) electrons. The number of halogens is 1. The van der Waals surface area contributed by atoms with Crippen LogP contribution in [0.2, 0.25) is 0 Å². The molecule has 9 nitrogen and oxygen atoms in total. The van der Waals surface area contributed by atoms with E-state index in [1.807, 2.05) is 44.2 Å². The molecule has 0 bridgehead atoms. The highest BCUT2D eigenvalue weighted by Gasteiger charge is 2.23. The first-order chi connectivity index (χ1) is 16.6. The Bertz CT molecular complexity index is 1200. The van der Waals surface area contributed by atoms with Crippen LogP contribution in [0.25, 0.3) is 10.8 Å². The first-order valence-electron chi connectivity index (χ1n) is 11.1. The highest BCUT2D eigenvalue weighted by Crippen LogP contribution is 2.17. The van der Waals surface area contributed by atoms with Crippen LogP contribution in [-0.2, 0) is 20.9 Å². The zero-order chi connectivity index (χ0) is 26.5. The number of nitrogens with one attached hydrogen (secondary N) is 1. The number of alkyl halides is 1. The fourth-order valence-electron chi connectivity index (χ4n) is 3.03. The van der Waals surface area contributed by atoms with Crippen LogP contribution in [0.1, 0.15) is 51.8 Å². The number of rotatable bonds is 7. The molecule has 0 saturated carbocycles. The molecule has 0 spiro atoms. The van der Waals surface area contributed by atoms with Crippen LogP contribution in [0, 0.1) is 0 Å². The van der Waals surface area contributed by atoms with Gasteiger partial charge in [-0.25, -0.2) is 9.07 Å². The Kier molecular flexibility index (Phi) is 11.9. The SMILES string of the molecule is CC.CC(=O)O.CC(NC(=O)C(C)c1ccnn(Cc2nccc3ccccc23)c1=O)C(=O)CF. The third-order valence-corrected chi connectivity index (χ3v) is 4.83. The Labute approximate surface area is 203 Å². The summed E-state index contributed by atoms with van der Waals surface area (Å²) in [6.07, 6.45) is 3.12. The Morgan fingerprint density at radius 3 is 2.34 bits per heavy atom. The lowest BCUT2D eigenvalue weighted by Crippen LogP contribution is -2.42. The third kappa shape index (κ3) is 8.40. The molecule has 2 unspecified atom stereocenters. The molecule has 3 rings (SSSR count). The fraction of sp³-hybridized carbons (Fsp3) is 0.360. The number of aliphatic carboxylic acids is 1. The van der Waals surface area contributed by atoms with Crippen molar-refractivity contribution in [1.29, 1.82) is 0 Å². The summed E-state index contributed by atoms with van der Waals surface area (Å²) in [5.74, 6) is -2.91. The number of Topliss-reactive ketones (excluding diaryl/α,β-unsaturated/α-hetero) is 1. The molecule has 0 saturated heterocycles. The maximum Gasteiger partial charge on any atom is 0.300 e. The number of fused-ring (bicyclic) bond motifs is 1. The minimum absolute atomic E-state index is 0.152. The predicted molar refractivity (Wildman–Crippen MR) is 131 cm³/mol. The van der Waals surface area contributed by atoms with Crippen LogP contribution in [0.15, 0.2) is 53.6 Å². The number of ketones is 1. The predicted octanol–water partition coefficient (Wildman–Crippen LogP) is 3.10. The van der Waals surface area contributed by atoms with Gasteiger partial charge in [0.2, 0.25) is 5.91 Å². The quantitative estimate of drug-likeness (QED) is 0.525. The monoisotopic (exact) mass is 486 g/mol. The summed E-state index contributed by atoms with van der Waals surface area (Å²) in [7, 11) is 0. The molecule has 2 N–H and O–H groups in total. The van der Waals surface area contributed by atoms with Gasteiger partial charge in [-0.05, 0) is 31.4 Å². The third-order valence-electron chi connectivity index (χ3n) is 4.83. The van der Waals surface area contributed by atoms with Crippen molar-refractivity contribution in [2.75, 3.05) is 6.67 Å². The van der Waals surface area contributed by atoms with E-state index in [4.69, 9.17) is 9.90 Å². The number of carbonyl (C=O) groups is 3. The first-order valence-corrected chi connectivity index (χ1v) is 11.1. The standard InChI is InChI=1S/C21H21FN4O3.C2H4O2.C2H6/c1-13(20(28)25-14(2)19(27)11-22)16-8-10-24-26(21(16)29)12-18-17-6-4-3-5-15(17)7-9-23-18;1-2(3)4;1-2/h3-10,13-14H,11-12H2,1-2H3,(H,25,28);1H3,(H,3,4);1-2H3. The molecule has 0 aliphatic heterocycles. The summed E-state index contributed by atoms with van der Waals surface area (Å²) < 4.78 is 13.7. The van der Waals surface area contributed by atoms with Gasteiger partial charge in [-0.15, -0.1) is 0 Å². The molecule has 0 fully saturated rings. The van der Waals surface area contributed by atoms with E-state index in [1.54, 1.807) is 13.1 Å². The molecule has 0 aliphatic carbocycles. The van der Waals surface area contributed by atoms with Gasteiger partial charge in [0, 0.05) is 30.3 Å². The highest BCUT2D eigenvalue weighted by atomic mass is 19.1. The normalized spacial score (nSPS) is 11.7. The molecule has 10 heteroatoms. The molecule has 35 heavy (non-hydrogen) atoms. The number of nitrogens with zero attached hydrogens (tertiary/aromatic N) is 3. The Morgan fingerprint density at radius 2 is 1.71 bits per heavy atom. The molecular formula is C25H31FN4O5. The van der Waals surface area contributed by atoms with Crippen molar-refractivity contribution in [1.82, 2.24) is 20.1 Å². The summed E-state index contributed by atoms with van der Waals surface area (Å²) in [4.78, 5) is 50.0. The summed E-state index contributed by atoms with van der Waals surface area (Å²) in [6.45, 7) is 7.04. The zero-order valence-electron chi connectivity index (χ0n) is 20.5. The maximum absolute atomic E-state index is 12.9. The number of carboxylic acids is 1. The number of benzene rings is 1. The number of carbonyl (C=O) groups excluding carboxylic acids is 2. The second kappa shape index (κ2) is 14.3. The van der Waals surface area contributed by atoms with Crippen LogP contribution in [0.5, 0.6) is 0 Å². The van der Waals surface area contributed by atoms with Crippen LogP contribution < -0.4 is 10.9 Å². The second-order valence-corrected chi connectivity index (χ2v) is 7.30. The van der Waals surface area contributed by atoms with Gasteiger partial charge in [-0.3, -0.25) is 24.2 Å². The van der Waals surface area contributed by atoms with Crippen molar-refractivity contribution >= 4 is 28.4 Å². The van der Waals surface area contributed by atoms with Crippen molar-refractivity contribution in [3.63, 3.8) is 0 Å². The molecule has 1 amide bonds. The van der Waals surface area contributed by atoms with E-state index in [9.17, 15) is 18.8 Å². The lowest BCUT2D eigenvalue weighted by molar-refractivity contribution is -0.134. The number of hydrogen-bond donors (Lipinski definition) is 2. The van der Waals surface area contributed by atoms with Gasteiger partial charge < -0.3 is 10.4 Å². The average molecular weight is 487 g/mol. The molecule has 1 aromatic carbocycles. The molecule has 0 aliphatic rings. The molecule has 188 valence electrons. The van der Waals surface area contributed by atoms with Crippen LogP contribution in [0.3, 0.4) is 0 Å². The Balaban J connectivity index is 0.000000926. The summed E-state index contributed by atoms with van der Waals surface area (Å²) in [6, 6.07) is 10.1. The number of amides is 1. The van der Waals surface area contributed by atoms with Gasteiger partial charge in [-0.1, -0.05) is 38.1 Å². The van der Waals surface area contributed by atoms with Gasteiger partial charge >= 0.3 is 0 Å². The highest BCUT2D eigenvalue weighted by molar-refractivity contribution is 5.91. The van der Waals surface area contributed by atoms with Crippen LogP contribution in [0.4, 0.5) is 4.39 Å². The zero-order valence-corrected chi connectivity index (χ0v) is 20.5. The lowest BCUT2D eigenvalue weighted by atomic mass is 10.0. The van der Waals surface area contributed by atoms with Gasteiger partial charge in [0.1, 0.15) is 6.67 Å². The smallest absolute Gasteiger partial charge is 0.300 e. The topological polar surface area (TPSA) is 131 Å². The van der Waals surface area contributed by atoms with Gasteiger partial charge in [0.25, 0.3) is 11.5 Å². The second-order valence-electron chi connectivity index (χ2n) is 7.30. The van der Waals surface area contributed by atoms with Crippen LogP contribution >= 0.6 is 0 Å². The molecular weight excluding hydrogens is 455 g/mol.